The van der Waals surface area contributed by atoms with E-state index in [1.54, 1.807) is 12.1 Å². The molecule has 1 fully saturated rings. The monoisotopic (exact) mass is 334 g/mol. The summed E-state index contributed by atoms with van der Waals surface area (Å²) >= 11 is 8.74. The summed E-state index contributed by atoms with van der Waals surface area (Å²) in [6.45, 7) is 3.93. The molecule has 1 aromatic heterocycles. The minimum atomic E-state index is 0.0228. The van der Waals surface area contributed by atoms with E-state index < -0.39 is 0 Å². The Labute approximate surface area is 141 Å². The van der Waals surface area contributed by atoms with Gasteiger partial charge in [0.1, 0.15) is 5.75 Å². The molecule has 0 saturated carbocycles. The second-order valence-corrected chi connectivity index (χ2v) is 6.74. The second-order valence-electron chi connectivity index (χ2n) is 5.35. The fourth-order valence-corrected chi connectivity index (χ4v) is 3.10. The molecule has 0 bridgehead atoms. The number of pyridine rings is 1. The third-order valence-corrected chi connectivity index (χ3v) is 4.62. The van der Waals surface area contributed by atoms with Gasteiger partial charge in [-0.05, 0) is 12.1 Å². The highest BCUT2D eigenvalue weighted by Gasteiger charge is 2.20. The molecule has 116 valence electrons. The summed E-state index contributed by atoms with van der Waals surface area (Å²) in [6, 6.07) is 11.4. The van der Waals surface area contributed by atoms with E-state index in [1.165, 1.54) is 5.69 Å². The molecule has 4 nitrogen and oxygen atoms in total. The minimum Gasteiger partial charge on any atom is -0.508 e. The summed E-state index contributed by atoms with van der Waals surface area (Å²) in [4.78, 5) is 4.63. The van der Waals surface area contributed by atoms with Gasteiger partial charge in [0, 0.05) is 56.1 Å². The van der Waals surface area contributed by atoms with Crippen LogP contribution in [0.15, 0.2) is 48.8 Å². The van der Waals surface area contributed by atoms with Gasteiger partial charge >= 0.3 is 0 Å². The van der Waals surface area contributed by atoms with Crippen LogP contribution in [0.4, 0.5) is 5.69 Å². The minimum absolute atomic E-state index is 0.0228. The number of hydrogen-bond donors (Lipinski definition) is 3. The maximum atomic E-state index is 9.35. The highest BCUT2D eigenvalue weighted by molar-refractivity contribution is 7.99. The summed E-state index contributed by atoms with van der Waals surface area (Å²) in [6.07, 6.45) is 4.10. The lowest BCUT2D eigenvalue weighted by atomic mass is 10.2. The van der Waals surface area contributed by atoms with E-state index >= 15 is 0 Å². The Bertz CT molecular complexity index is 608. The molecule has 1 saturated heterocycles. The van der Waals surface area contributed by atoms with Gasteiger partial charge in [0.15, 0.2) is 12.4 Å². The second kappa shape index (κ2) is 6.81. The zero-order valence-electron chi connectivity index (χ0n) is 12.2. The number of piperazine rings is 1. The summed E-state index contributed by atoms with van der Waals surface area (Å²) < 4.78 is 2.06. The molecule has 1 N–H and O–H groups in total. The lowest BCUT2D eigenvalue weighted by Crippen LogP contribution is -2.48. The topological polar surface area (TPSA) is 30.6 Å². The van der Waals surface area contributed by atoms with Crippen LogP contribution in [0.5, 0.6) is 5.75 Å². The van der Waals surface area contributed by atoms with Crippen molar-refractivity contribution in [2.45, 2.75) is 4.71 Å². The van der Waals surface area contributed by atoms with Crippen LogP contribution in [0.1, 0.15) is 0 Å². The number of rotatable bonds is 3. The molecule has 22 heavy (non-hydrogen) atoms. The zero-order valence-corrected chi connectivity index (χ0v) is 14.0. The molecule has 0 aliphatic carbocycles. The smallest absolute Gasteiger partial charge is 0.210 e. The van der Waals surface area contributed by atoms with Crippen LogP contribution in [0.25, 0.3) is 5.69 Å². The number of hydrogen-bond acceptors (Lipinski definition) is 5. The van der Waals surface area contributed by atoms with E-state index in [4.69, 9.17) is 0 Å². The predicted molar refractivity (Wildman–Crippen MR) is 95.2 cm³/mol. The number of thiol groups is 2. The molecule has 0 radical (unpaired) electrons. The zero-order chi connectivity index (χ0) is 15.5. The molecular weight excluding hydrogens is 314 g/mol. The molecule has 0 spiro atoms. The Morgan fingerprint density at radius 3 is 2.05 bits per heavy atom. The van der Waals surface area contributed by atoms with E-state index in [2.05, 4.69) is 47.2 Å². The van der Waals surface area contributed by atoms with Gasteiger partial charge in [-0.2, -0.15) is 4.57 Å². The van der Waals surface area contributed by atoms with E-state index in [1.807, 2.05) is 29.1 Å². The number of phenolic OH excluding ortho intramolecular Hbond substituents is 1. The Hall–Kier alpha value is -1.37. The summed E-state index contributed by atoms with van der Waals surface area (Å²) in [7, 11) is 0. The fraction of sp³-hybridized carbons (Fsp3) is 0.312. The first-order valence-corrected chi connectivity index (χ1v) is 8.32. The Balaban J connectivity index is 1.68. The van der Waals surface area contributed by atoms with Crippen molar-refractivity contribution < 1.29 is 9.67 Å². The fourth-order valence-electron chi connectivity index (χ4n) is 2.64. The first-order valence-electron chi connectivity index (χ1n) is 7.29. The number of benzene rings is 1. The van der Waals surface area contributed by atoms with Crippen molar-refractivity contribution >= 4 is 30.9 Å². The molecule has 0 unspecified atom stereocenters. The van der Waals surface area contributed by atoms with Crippen LogP contribution >= 0.6 is 25.3 Å². The highest BCUT2D eigenvalue weighted by Crippen LogP contribution is 2.18. The summed E-state index contributed by atoms with van der Waals surface area (Å²) in [5.41, 5.74) is 2.26. The molecule has 1 aliphatic rings. The molecule has 6 heteroatoms. The molecule has 2 aromatic rings. The number of anilines is 1. The Morgan fingerprint density at radius 2 is 1.50 bits per heavy atom. The third kappa shape index (κ3) is 3.51. The quantitative estimate of drug-likeness (QED) is 0.455. The molecular formula is C16H20N3OS2+. The van der Waals surface area contributed by atoms with E-state index in [-0.39, 0.29) is 10.5 Å². The normalized spacial score (nSPS) is 16.2. The SMILES string of the molecule is Oc1ccc(-[n+]2ccc(N3CCN(C(S)S)CC3)cc2)cc1. The van der Waals surface area contributed by atoms with Crippen molar-refractivity contribution in [2.75, 3.05) is 31.1 Å². The number of aromatic nitrogens is 1. The molecule has 0 atom stereocenters. The Kier molecular flexibility index (Phi) is 4.81. The number of aromatic hydroxyl groups is 1. The van der Waals surface area contributed by atoms with Gasteiger partial charge < -0.3 is 10.0 Å². The maximum absolute atomic E-state index is 9.35. The lowest BCUT2D eigenvalue weighted by Gasteiger charge is -2.37. The lowest BCUT2D eigenvalue weighted by molar-refractivity contribution is -0.595. The van der Waals surface area contributed by atoms with Gasteiger partial charge in [0.2, 0.25) is 5.69 Å². The van der Waals surface area contributed by atoms with Crippen molar-refractivity contribution in [1.29, 1.82) is 0 Å². The Morgan fingerprint density at radius 1 is 0.909 bits per heavy atom. The van der Waals surface area contributed by atoms with Crippen LogP contribution in [0, 0.1) is 0 Å². The van der Waals surface area contributed by atoms with E-state index in [9.17, 15) is 5.11 Å². The van der Waals surface area contributed by atoms with Crippen molar-refractivity contribution in [2.24, 2.45) is 0 Å². The van der Waals surface area contributed by atoms with Crippen LogP contribution < -0.4 is 9.47 Å². The largest absolute Gasteiger partial charge is 0.508 e. The molecule has 0 amide bonds. The predicted octanol–water partition coefficient (Wildman–Crippen LogP) is 1.93. The number of phenols is 1. The first-order chi connectivity index (χ1) is 10.6. The molecule has 1 aromatic carbocycles. The average molecular weight is 334 g/mol. The van der Waals surface area contributed by atoms with Gasteiger partial charge in [-0.3, -0.25) is 4.90 Å². The van der Waals surface area contributed by atoms with Crippen molar-refractivity contribution in [3.05, 3.63) is 48.8 Å². The van der Waals surface area contributed by atoms with Gasteiger partial charge in [0.25, 0.3) is 0 Å². The van der Waals surface area contributed by atoms with Crippen LogP contribution in [-0.4, -0.2) is 40.9 Å². The van der Waals surface area contributed by atoms with Gasteiger partial charge in [0.05, 0.1) is 4.71 Å². The van der Waals surface area contributed by atoms with E-state index in [0.29, 0.717) is 0 Å². The van der Waals surface area contributed by atoms with Crippen LogP contribution in [0.3, 0.4) is 0 Å². The van der Waals surface area contributed by atoms with Crippen LogP contribution in [0.2, 0.25) is 0 Å². The van der Waals surface area contributed by atoms with E-state index in [0.717, 1.165) is 31.9 Å². The summed E-state index contributed by atoms with van der Waals surface area (Å²) in [5, 5.41) is 9.35. The molecule has 2 heterocycles. The summed E-state index contributed by atoms with van der Waals surface area (Å²) in [5.74, 6) is 0.283. The van der Waals surface area contributed by atoms with Gasteiger partial charge in [-0.1, -0.05) is 0 Å². The molecule has 1 aliphatic heterocycles. The highest BCUT2D eigenvalue weighted by atomic mass is 32.2. The van der Waals surface area contributed by atoms with Crippen molar-refractivity contribution in [3.8, 4) is 11.4 Å². The number of nitrogens with zero attached hydrogens (tertiary/aromatic N) is 3. The standard InChI is InChI=1S/C16H19N3OS2/c20-15-3-1-13(2-4-15)17-7-5-14(6-8-17)18-9-11-19(12-10-18)16(21)22/h1-8,16H,9-12H2,(H2-,20,21,22)/p+1. The maximum Gasteiger partial charge on any atom is 0.210 e. The van der Waals surface area contributed by atoms with Gasteiger partial charge in [-0.15, -0.1) is 25.3 Å². The first kappa shape index (κ1) is 15.5. The van der Waals surface area contributed by atoms with Crippen LogP contribution in [-0.2, 0) is 0 Å². The molecule has 3 rings (SSSR count). The van der Waals surface area contributed by atoms with Crippen molar-refractivity contribution in [3.63, 3.8) is 0 Å². The van der Waals surface area contributed by atoms with Crippen molar-refractivity contribution in [1.82, 2.24) is 4.90 Å². The van der Waals surface area contributed by atoms with Gasteiger partial charge in [-0.25, -0.2) is 0 Å². The third-order valence-electron chi connectivity index (χ3n) is 3.97. The average Bonchev–Trinajstić information content (AvgIpc) is 2.56.